The molecule has 1 N–H and O–H groups in total. The van der Waals surface area contributed by atoms with Crippen molar-refractivity contribution in [2.45, 2.75) is 64.6 Å². The molecule has 1 aromatic rings. The van der Waals surface area contributed by atoms with E-state index in [4.69, 9.17) is 4.74 Å². The molecule has 0 aliphatic carbocycles. The number of carbonyl (C=O) groups excluding carboxylic acids is 3. The van der Waals surface area contributed by atoms with Gasteiger partial charge in [0, 0.05) is 50.8 Å². The lowest BCUT2D eigenvalue weighted by molar-refractivity contribution is -0.139. The summed E-state index contributed by atoms with van der Waals surface area (Å²) < 4.78 is 5.85. The molecule has 0 radical (unpaired) electrons. The van der Waals surface area contributed by atoms with E-state index in [2.05, 4.69) is 5.32 Å². The molecule has 3 aliphatic heterocycles. The number of nitrogens with zero attached hydrogens (tertiary/aromatic N) is 3. The Labute approximate surface area is 209 Å². The highest BCUT2D eigenvalue weighted by Crippen LogP contribution is 2.29. The predicted molar refractivity (Wildman–Crippen MR) is 134 cm³/mol. The van der Waals surface area contributed by atoms with Gasteiger partial charge in [-0.3, -0.25) is 14.4 Å². The molecule has 8 nitrogen and oxygen atoms in total. The fourth-order valence-corrected chi connectivity index (χ4v) is 5.40. The molecule has 0 aromatic heterocycles. The number of amides is 3. The molecule has 192 valence electrons. The average Bonchev–Trinajstić information content (AvgIpc) is 3.45. The Kier molecular flexibility index (Phi) is 8.44. The maximum atomic E-state index is 13.7. The monoisotopic (exact) mass is 484 g/mol. The summed E-state index contributed by atoms with van der Waals surface area (Å²) in [5.41, 5.74) is 1.66. The zero-order valence-corrected chi connectivity index (χ0v) is 21.4. The van der Waals surface area contributed by atoms with Gasteiger partial charge >= 0.3 is 0 Å². The zero-order valence-electron chi connectivity index (χ0n) is 21.4. The number of carbonyl (C=O) groups is 3. The van der Waals surface area contributed by atoms with Crippen LogP contribution in [0.2, 0.25) is 0 Å². The first-order valence-electron chi connectivity index (χ1n) is 13.1. The molecule has 3 atom stereocenters. The fourth-order valence-electron chi connectivity index (χ4n) is 5.40. The minimum Gasteiger partial charge on any atom is -0.376 e. The molecule has 8 heteroatoms. The van der Waals surface area contributed by atoms with Crippen molar-refractivity contribution in [3.63, 3.8) is 0 Å². The summed E-state index contributed by atoms with van der Waals surface area (Å²) in [4.78, 5) is 46.2. The van der Waals surface area contributed by atoms with E-state index in [0.717, 1.165) is 44.5 Å². The van der Waals surface area contributed by atoms with E-state index >= 15 is 0 Å². The second kappa shape index (κ2) is 11.5. The summed E-state index contributed by atoms with van der Waals surface area (Å²) in [6.45, 7) is 10.4. The summed E-state index contributed by atoms with van der Waals surface area (Å²) in [5.74, 6) is -0.261. The van der Waals surface area contributed by atoms with Gasteiger partial charge < -0.3 is 24.8 Å². The molecule has 3 aliphatic rings. The van der Waals surface area contributed by atoms with Gasteiger partial charge in [0.1, 0.15) is 6.04 Å². The van der Waals surface area contributed by atoms with Crippen molar-refractivity contribution in [3.8, 4) is 0 Å². The van der Waals surface area contributed by atoms with Gasteiger partial charge in [0.05, 0.1) is 12.1 Å². The highest BCUT2D eigenvalue weighted by Gasteiger charge is 2.45. The van der Waals surface area contributed by atoms with E-state index in [9.17, 15) is 14.4 Å². The Hall–Kier alpha value is -2.45. The van der Waals surface area contributed by atoms with Crippen LogP contribution in [-0.2, 0) is 14.3 Å². The zero-order chi connectivity index (χ0) is 24.9. The summed E-state index contributed by atoms with van der Waals surface area (Å²) in [6.07, 6.45) is 3.31. The van der Waals surface area contributed by atoms with Crippen LogP contribution in [0.1, 0.15) is 55.5 Å². The lowest BCUT2D eigenvalue weighted by atomic mass is 10.1. The molecule has 0 bridgehead atoms. The Morgan fingerprint density at radius 2 is 1.89 bits per heavy atom. The van der Waals surface area contributed by atoms with E-state index in [1.54, 1.807) is 4.90 Å². The van der Waals surface area contributed by atoms with Crippen molar-refractivity contribution in [2.24, 2.45) is 5.92 Å². The van der Waals surface area contributed by atoms with Crippen molar-refractivity contribution < 1.29 is 19.1 Å². The van der Waals surface area contributed by atoms with Crippen molar-refractivity contribution in [1.29, 1.82) is 0 Å². The van der Waals surface area contributed by atoms with Crippen LogP contribution >= 0.6 is 0 Å². The number of hydrogen-bond acceptors (Lipinski definition) is 5. The SMILES string of the molecule is Cc1ccc(C(=O)N2CC(N(CC3CCCO3)C(=O)C(C)C)CC2C(=O)N2CCCNCC2)cc1. The van der Waals surface area contributed by atoms with Gasteiger partial charge in [0.2, 0.25) is 11.8 Å². The average molecular weight is 485 g/mol. The first-order chi connectivity index (χ1) is 16.8. The third-order valence-corrected chi connectivity index (χ3v) is 7.42. The number of aryl methyl sites for hydroxylation is 1. The quantitative estimate of drug-likeness (QED) is 0.669. The van der Waals surface area contributed by atoms with Gasteiger partial charge in [-0.05, 0) is 51.3 Å². The van der Waals surface area contributed by atoms with Gasteiger partial charge in [-0.2, -0.15) is 0 Å². The van der Waals surface area contributed by atoms with E-state index in [-0.39, 0.29) is 35.8 Å². The van der Waals surface area contributed by atoms with Crippen LogP contribution in [0.3, 0.4) is 0 Å². The summed E-state index contributed by atoms with van der Waals surface area (Å²) in [7, 11) is 0. The lowest BCUT2D eigenvalue weighted by Crippen LogP contribution is -2.48. The summed E-state index contributed by atoms with van der Waals surface area (Å²) >= 11 is 0. The van der Waals surface area contributed by atoms with Crippen molar-refractivity contribution in [3.05, 3.63) is 35.4 Å². The van der Waals surface area contributed by atoms with Crippen molar-refractivity contribution in [2.75, 3.05) is 45.9 Å². The molecule has 3 unspecified atom stereocenters. The maximum Gasteiger partial charge on any atom is 0.254 e. The molecule has 3 saturated heterocycles. The van der Waals surface area contributed by atoms with Gasteiger partial charge in [-0.15, -0.1) is 0 Å². The van der Waals surface area contributed by atoms with Crippen LogP contribution in [0, 0.1) is 12.8 Å². The Balaban J connectivity index is 1.60. The van der Waals surface area contributed by atoms with E-state index in [1.165, 1.54) is 0 Å². The van der Waals surface area contributed by atoms with Crippen LogP contribution in [0.4, 0.5) is 0 Å². The molecule has 0 spiro atoms. The normalized spacial score (nSPS) is 25.1. The summed E-state index contributed by atoms with van der Waals surface area (Å²) in [5, 5.41) is 3.34. The van der Waals surface area contributed by atoms with Crippen LogP contribution in [0.5, 0.6) is 0 Å². The predicted octanol–water partition coefficient (Wildman–Crippen LogP) is 2.06. The van der Waals surface area contributed by atoms with Crippen molar-refractivity contribution >= 4 is 17.7 Å². The standard InChI is InChI=1S/C27H40N4O4/c1-19(2)25(32)30(18-23-6-4-15-35-23)22-16-24(27(34)29-13-5-11-28-12-14-29)31(17-22)26(33)21-9-7-20(3)8-10-21/h7-10,19,22-24,28H,4-6,11-18H2,1-3H3. The number of likely N-dealkylation sites (tertiary alicyclic amines) is 1. The minimum absolute atomic E-state index is 0.00859. The van der Waals surface area contributed by atoms with Gasteiger partial charge in [-0.25, -0.2) is 0 Å². The number of benzene rings is 1. The molecule has 1 aromatic carbocycles. The Morgan fingerprint density at radius 3 is 2.57 bits per heavy atom. The smallest absolute Gasteiger partial charge is 0.254 e. The third kappa shape index (κ3) is 6.04. The molecular formula is C27H40N4O4. The summed E-state index contributed by atoms with van der Waals surface area (Å²) in [6, 6.07) is 6.72. The second-order valence-electron chi connectivity index (χ2n) is 10.4. The van der Waals surface area contributed by atoms with E-state index in [0.29, 0.717) is 38.2 Å². The third-order valence-electron chi connectivity index (χ3n) is 7.42. The Morgan fingerprint density at radius 1 is 1.11 bits per heavy atom. The molecule has 4 rings (SSSR count). The van der Waals surface area contributed by atoms with Crippen molar-refractivity contribution in [1.82, 2.24) is 20.0 Å². The highest BCUT2D eigenvalue weighted by molar-refractivity contribution is 5.98. The molecule has 0 saturated carbocycles. The first-order valence-corrected chi connectivity index (χ1v) is 13.1. The minimum atomic E-state index is -0.570. The fraction of sp³-hybridized carbons (Fsp3) is 0.667. The van der Waals surface area contributed by atoms with Crippen LogP contribution in [-0.4, -0.2) is 96.5 Å². The van der Waals surface area contributed by atoms with Gasteiger partial charge in [-0.1, -0.05) is 31.5 Å². The van der Waals surface area contributed by atoms with Gasteiger partial charge in [0.25, 0.3) is 5.91 Å². The largest absolute Gasteiger partial charge is 0.376 e. The van der Waals surface area contributed by atoms with Crippen LogP contribution in [0.15, 0.2) is 24.3 Å². The Bertz CT molecular complexity index is 889. The van der Waals surface area contributed by atoms with E-state index < -0.39 is 6.04 Å². The van der Waals surface area contributed by atoms with E-state index in [1.807, 2.05) is 54.8 Å². The molecule has 3 heterocycles. The van der Waals surface area contributed by atoms with Crippen LogP contribution in [0.25, 0.3) is 0 Å². The van der Waals surface area contributed by atoms with Crippen LogP contribution < -0.4 is 5.32 Å². The molecule has 35 heavy (non-hydrogen) atoms. The number of hydrogen-bond donors (Lipinski definition) is 1. The molecular weight excluding hydrogens is 444 g/mol. The highest BCUT2D eigenvalue weighted by atomic mass is 16.5. The first kappa shape index (κ1) is 25.6. The molecule has 3 fully saturated rings. The maximum absolute atomic E-state index is 13.7. The topological polar surface area (TPSA) is 82.2 Å². The van der Waals surface area contributed by atoms with Gasteiger partial charge in [0.15, 0.2) is 0 Å². The lowest BCUT2D eigenvalue weighted by Gasteiger charge is -2.32. The molecule has 3 amide bonds. The number of nitrogens with one attached hydrogen (secondary N) is 1. The number of ether oxygens (including phenoxy) is 1. The second-order valence-corrected chi connectivity index (χ2v) is 10.4. The number of rotatable bonds is 6.